The highest BCUT2D eigenvalue weighted by atomic mass is 16.5. The molecule has 2 amide bonds. The van der Waals surface area contributed by atoms with Gasteiger partial charge in [0.25, 0.3) is 0 Å². The van der Waals surface area contributed by atoms with Crippen LogP contribution in [0.15, 0.2) is 54.6 Å². The Morgan fingerprint density at radius 1 is 1.10 bits per heavy atom. The maximum Gasteiger partial charge on any atom is 0.307 e. The summed E-state index contributed by atoms with van der Waals surface area (Å²) in [4.78, 5) is 40.7. The number of carbonyl (C=O) groups is 3. The van der Waals surface area contributed by atoms with Gasteiger partial charge in [-0.05, 0) is 24.6 Å². The minimum Gasteiger partial charge on any atom is -0.469 e. The van der Waals surface area contributed by atoms with E-state index < -0.39 is 5.92 Å². The average Bonchev–Trinajstić information content (AvgIpc) is 3.13. The van der Waals surface area contributed by atoms with Gasteiger partial charge < -0.3 is 14.5 Å². The van der Waals surface area contributed by atoms with Crippen molar-refractivity contribution < 1.29 is 19.1 Å². The van der Waals surface area contributed by atoms with Gasteiger partial charge in [-0.15, -0.1) is 0 Å². The maximum atomic E-state index is 13.2. The van der Waals surface area contributed by atoms with Gasteiger partial charge in [0, 0.05) is 31.7 Å². The van der Waals surface area contributed by atoms with Crippen LogP contribution in [0.1, 0.15) is 24.0 Å². The third-order valence-electron chi connectivity index (χ3n) is 5.16. The molecule has 3 rings (SSSR count). The molecule has 152 valence electrons. The highest BCUT2D eigenvalue weighted by molar-refractivity contribution is 6.00. The fraction of sp³-hybridized carbons (Fsp3) is 0.348. The molecule has 6 nitrogen and oxygen atoms in total. The molecule has 6 heteroatoms. The van der Waals surface area contributed by atoms with E-state index in [1.165, 1.54) is 7.11 Å². The number of hydrogen-bond donors (Lipinski definition) is 0. The molecule has 29 heavy (non-hydrogen) atoms. The Labute approximate surface area is 171 Å². The minimum atomic E-state index is -0.426. The van der Waals surface area contributed by atoms with Gasteiger partial charge >= 0.3 is 5.97 Å². The van der Waals surface area contributed by atoms with E-state index in [2.05, 4.69) is 0 Å². The first-order chi connectivity index (χ1) is 14.0. The van der Waals surface area contributed by atoms with Gasteiger partial charge in [0.05, 0.1) is 19.4 Å². The highest BCUT2D eigenvalue weighted by Crippen LogP contribution is 2.27. The Morgan fingerprint density at radius 2 is 1.79 bits per heavy atom. The molecule has 0 N–H and O–H groups in total. The van der Waals surface area contributed by atoms with Crippen LogP contribution in [-0.4, -0.2) is 42.9 Å². The van der Waals surface area contributed by atoms with Crippen molar-refractivity contribution in [2.75, 3.05) is 25.1 Å². The van der Waals surface area contributed by atoms with E-state index >= 15 is 0 Å². The monoisotopic (exact) mass is 394 g/mol. The summed E-state index contributed by atoms with van der Waals surface area (Å²) in [5.41, 5.74) is 2.90. The van der Waals surface area contributed by atoms with Crippen LogP contribution in [0.3, 0.4) is 0 Å². The third kappa shape index (κ3) is 5.22. The molecule has 0 saturated carbocycles. The lowest BCUT2D eigenvalue weighted by Gasteiger charge is -2.25. The number of aryl methyl sites for hydroxylation is 1. The number of hydrogen-bond acceptors (Lipinski definition) is 4. The molecule has 1 unspecified atom stereocenters. The zero-order valence-electron chi connectivity index (χ0n) is 16.8. The van der Waals surface area contributed by atoms with E-state index in [0.29, 0.717) is 13.1 Å². The lowest BCUT2D eigenvalue weighted by molar-refractivity contribution is -0.142. The smallest absolute Gasteiger partial charge is 0.307 e. The third-order valence-corrected chi connectivity index (χ3v) is 5.16. The van der Waals surface area contributed by atoms with E-state index in [1.807, 2.05) is 61.5 Å². The van der Waals surface area contributed by atoms with Crippen molar-refractivity contribution in [3.8, 4) is 0 Å². The van der Waals surface area contributed by atoms with Crippen LogP contribution in [0.2, 0.25) is 0 Å². The van der Waals surface area contributed by atoms with Crippen molar-refractivity contribution in [2.24, 2.45) is 5.92 Å². The largest absolute Gasteiger partial charge is 0.469 e. The number of rotatable bonds is 7. The molecule has 1 atom stereocenters. The fourth-order valence-corrected chi connectivity index (χ4v) is 3.50. The van der Waals surface area contributed by atoms with Crippen molar-refractivity contribution in [1.29, 1.82) is 0 Å². The molecule has 1 fully saturated rings. The normalized spacial score (nSPS) is 16.0. The van der Waals surface area contributed by atoms with Crippen LogP contribution >= 0.6 is 0 Å². The van der Waals surface area contributed by atoms with Gasteiger partial charge in [-0.3, -0.25) is 14.4 Å². The zero-order valence-corrected chi connectivity index (χ0v) is 16.8. The first kappa shape index (κ1) is 20.6. The Balaban J connectivity index is 1.73. The summed E-state index contributed by atoms with van der Waals surface area (Å²) >= 11 is 0. The van der Waals surface area contributed by atoms with Crippen molar-refractivity contribution in [1.82, 2.24) is 4.90 Å². The Morgan fingerprint density at radius 3 is 2.45 bits per heavy atom. The molecule has 1 aliphatic heterocycles. The quantitative estimate of drug-likeness (QED) is 0.677. The second-order valence-corrected chi connectivity index (χ2v) is 7.31. The molecule has 0 aliphatic carbocycles. The number of methoxy groups -OCH3 is 1. The van der Waals surface area contributed by atoms with E-state index in [-0.39, 0.29) is 37.2 Å². The molecule has 0 spiro atoms. The molecule has 1 aliphatic rings. The van der Waals surface area contributed by atoms with Crippen LogP contribution in [0.4, 0.5) is 5.69 Å². The second kappa shape index (κ2) is 9.37. The summed E-state index contributed by atoms with van der Waals surface area (Å²) in [5, 5.41) is 0. The van der Waals surface area contributed by atoms with Crippen LogP contribution in [-0.2, 0) is 25.7 Å². The highest BCUT2D eigenvalue weighted by Gasteiger charge is 2.37. The predicted octanol–water partition coefficient (Wildman–Crippen LogP) is 2.94. The summed E-state index contributed by atoms with van der Waals surface area (Å²) < 4.78 is 4.72. The van der Waals surface area contributed by atoms with Crippen LogP contribution in [0.5, 0.6) is 0 Å². The first-order valence-electron chi connectivity index (χ1n) is 9.74. The molecule has 1 heterocycles. The van der Waals surface area contributed by atoms with Crippen molar-refractivity contribution in [3.63, 3.8) is 0 Å². The lowest BCUT2D eigenvalue weighted by atomic mass is 10.1. The standard InChI is InChI=1S/C23H26N2O4/c1-17-8-10-20(11-9-17)25-16-19(14-21(25)26)23(28)24(13-12-22(27)29-2)15-18-6-4-3-5-7-18/h3-11,19H,12-16H2,1-2H3. The average molecular weight is 394 g/mol. The summed E-state index contributed by atoms with van der Waals surface area (Å²) in [5.74, 6) is -0.953. The molecule has 0 radical (unpaired) electrons. The minimum absolute atomic E-state index is 0.0557. The number of ether oxygens (including phenoxy) is 1. The molecular weight excluding hydrogens is 368 g/mol. The van der Waals surface area contributed by atoms with Crippen LogP contribution in [0.25, 0.3) is 0 Å². The maximum absolute atomic E-state index is 13.2. The van der Waals surface area contributed by atoms with E-state index in [1.54, 1.807) is 9.80 Å². The number of nitrogens with zero attached hydrogens (tertiary/aromatic N) is 2. The zero-order chi connectivity index (χ0) is 20.8. The molecule has 2 aromatic carbocycles. The topological polar surface area (TPSA) is 66.9 Å². The van der Waals surface area contributed by atoms with Gasteiger partial charge in [0.1, 0.15) is 0 Å². The number of esters is 1. The Kier molecular flexibility index (Phi) is 6.65. The molecule has 0 aromatic heterocycles. The molecular formula is C23H26N2O4. The number of anilines is 1. The van der Waals surface area contributed by atoms with Gasteiger partial charge in [0.15, 0.2) is 0 Å². The van der Waals surface area contributed by atoms with Crippen LogP contribution < -0.4 is 4.90 Å². The Bertz CT molecular complexity index is 864. The van der Waals surface area contributed by atoms with Crippen LogP contribution in [0, 0.1) is 12.8 Å². The van der Waals surface area contributed by atoms with Crippen molar-refractivity contribution >= 4 is 23.5 Å². The molecule has 0 bridgehead atoms. The predicted molar refractivity (Wildman–Crippen MR) is 110 cm³/mol. The van der Waals surface area contributed by atoms with Gasteiger partial charge in [-0.1, -0.05) is 48.0 Å². The first-order valence-corrected chi connectivity index (χ1v) is 9.74. The number of carbonyl (C=O) groups excluding carboxylic acids is 3. The second-order valence-electron chi connectivity index (χ2n) is 7.31. The fourth-order valence-electron chi connectivity index (χ4n) is 3.50. The summed E-state index contributed by atoms with van der Waals surface area (Å²) in [6.45, 7) is 3.00. The SMILES string of the molecule is COC(=O)CCN(Cc1ccccc1)C(=O)C1CC(=O)N(c2ccc(C)cc2)C1. The van der Waals surface area contributed by atoms with Gasteiger partial charge in [0.2, 0.25) is 11.8 Å². The summed E-state index contributed by atoms with van der Waals surface area (Å²) in [6.07, 6.45) is 0.299. The van der Waals surface area contributed by atoms with Crippen molar-refractivity contribution in [2.45, 2.75) is 26.3 Å². The Hall–Kier alpha value is -3.15. The number of benzene rings is 2. The molecule has 2 aromatic rings. The summed E-state index contributed by atoms with van der Waals surface area (Å²) in [7, 11) is 1.33. The van der Waals surface area contributed by atoms with E-state index in [9.17, 15) is 14.4 Å². The van der Waals surface area contributed by atoms with Gasteiger partial charge in [-0.2, -0.15) is 0 Å². The van der Waals surface area contributed by atoms with E-state index in [0.717, 1.165) is 16.8 Å². The van der Waals surface area contributed by atoms with Gasteiger partial charge in [-0.25, -0.2) is 0 Å². The number of amides is 2. The van der Waals surface area contributed by atoms with Crippen molar-refractivity contribution in [3.05, 3.63) is 65.7 Å². The van der Waals surface area contributed by atoms with E-state index in [4.69, 9.17) is 4.74 Å². The summed E-state index contributed by atoms with van der Waals surface area (Å²) in [6, 6.07) is 17.3. The lowest BCUT2D eigenvalue weighted by Crippen LogP contribution is -2.38. The molecule has 1 saturated heterocycles.